The molecule has 0 atom stereocenters. The smallest absolute Gasteiger partial charge is 0.331 e. The molecular formula is C18H18Cl2N2O3. The minimum Gasteiger partial charge on any atom is -0.452 e. The van der Waals surface area contributed by atoms with Crippen molar-refractivity contribution < 1.29 is 14.3 Å². The van der Waals surface area contributed by atoms with Crippen LogP contribution in [0.2, 0.25) is 10.0 Å². The Labute approximate surface area is 156 Å². The van der Waals surface area contributed by atoms with Crippen molar-refractivity contribution >= 4 is 41.2 Å². The summed E-state index contributed by atoms with van der Waals surface area (Å²) >= 11 is 12.0. The highest BCUT2D eigenvalue weighted by molar-refractivity contribution is 6.37. The molecule has 1 N–H and O–H groups in total. The first-order valence-electron chi connectivity index (χ1n) is 7.97. The van der Waals surface area contributed by atoms with Crippen molar-refractivity contribution in [1.29, 1.82) is 5.26 Å². The van der Waals surface area contributed by atoms with E-state index in [4.69, 9.17) is 27.9 Å². The second-order valence-corrected chi connectivity index (χ2v) is 6.69. The fourth-order valence-corrected chi connectivity index (χ4v) is 3.25. The Morgan fingerprint density at radius 1 is 1.24 bits per heavy atom. The van der Waals surface area contributed by atoms with Gasteiger partial charge < -0.3 is 10.1 Å². The molecule has 1 fully saturated rings. The number of hydrogen-bond acceptors (Lipinski definition) is 4. The van der Waals surface area contributed by atoms with Crippen LogP contribution in [0.15, 0.2) is 24.3 Å². The first-order chi connectivity index (χ1) is 12.0. The van der Waals surface area contributed by atoms with Gasteiger partial charge in [-0.15, -0.1) is 0 Å². The van der Waals surface area contributed by atoms with Crippen LogP contribution in [0, 0.1) is 11.3 Å². The molecule has 1 aromatic carbocycles. The first-order valence-corrected chi connectivity index (χ1v) is 8.72. The predicted octanol–water partition coefficient (Wildman–Crippen LogP) is 3.89. The lowest BCUT2D eigenvalue weighted by Gasteiger charge is -2.31. The van der Waals surface area contributed by atoms with Gasteiger partial charge >= 0.3 is 5.97 Å². The molecule has 0 aromatic heterocycles. The van der Waals surface area contributed by atoms with Crippen molar-refractivity contribution in [2.75, 3.05) is 6.61 Å². The van der Waals surface area contributed by atoms with Gasteiger partial charge in [-0.2, -0.15) is 5.26 Å². The van der Waals surface area contributed by atoms with E-state index in [9.17, 15) is 14.9 Å². The van der Waals surface area contributed by atoms with E-state index < -0.39 is 24.0 Å². The average molecular weight is 381 g/mol. The van der Waals surface area contributed by atoms with Crippen LogP contribution in [0.1, 0.15) is 37.7 Å². The van der Waals surface area contributed by atoms with Crippen molar-refractivity contribution in [2.45, 2.75) is 37.6 Å². The van der Waals surface area contributed by atoms with Crippen LogP contribution >= 0.6 is 23.2 Å². The molecule has 1 saturated carbocycles. The summed E-state index contributed by atoms with van der Waals surface area (Å²) < 4.78 is 4.90. The summed E-state index contributed by atoms with van der Waals surface area (Å²) in [6.07, 6.45) is 6.68. The zero-order valence-electron chi connectivity index (χ0n) is 13.6. The maximum Gasteiger partial charge on any atom is 0.331 e. The zero-order valence-corrected chi connectivity index (χ0v) is 15.1. The molecule has 7 heteroatoms. The number of hydrogen-bond donors (Lipinski definition) is 1. The van der Waals surface area contributed by atoms with Gasteiger partial charge in [-0.25, -0.2) is 4.79 Å². The Hall–Kier alpha value is -2.03. The number of carbonyl (C=O) groups excluding carboxylic acids is 2. The van der Waals surface area contributed by atoms with Crippen LogP contribution in [0.25, 0.3) is 6.08 Å². The van der Waals surface area contributed by atoms with E-state index in [0.717, 1.165) is 25.3 Å². The maximum atomic E-state index is 12.0. The summed E-state index contributed by atoms with van der Waals surface area (Å²) in [7, 11) is 0. The first kappa shape index (κ1) is 19.3. The topological polar surface area (TPSA) is 79.2 Å². The minimum atomic E-state index is -0.845. The Bertz CT molecular complexity index is 699. The van der Waals surface area contributed by atoms with Gasteiger partial charge in [0.05, 0.1) is 6.07 Å². The van der Waals surface area contributed by atoms with E-state index in [-0.39, 0.29) is 0 Å². The van der Waals surface area contributed by atoms with E-state index >= 15 is 0 Å². The molecule has 1 aromatic rings. The molecule has 0 unspecified atom stereocenters. The van der Waals surface area contributed by atoms with Gasteiger partial charge in [0.1, 0.15) is 5.54 Å². The van der Waals surface area contributed by atoms with E-state index in [1.807, 2.05) is 0 Å². The molecule has 25 heavy (non-hydrogen) atoms. The fourth-order valence-electron chi connectivity index (χ4n) is 2.73. The third-order valence-corrected chi connectivity index (χ3v) is 4.69. The lowest BCUT2D eigenvalue weighted by atomic mass is 9.83. The van der Waals surface area contributed by atoms with E-state index in [1.165, 1.54) is 6.08 Å². The van der Waals surface area contributed by atoms with E-state index in [1.54, 1.807) is 18.2 Å². The quantitative estimate of drug-likeness (QED) is 0.620. The zero-order chi connectivity index (χ0) is 18.3. The summed E-state index contributed by atoms with van der Waals surface area (Å²) in [5.74, 6) is -1.18. The predicted molar refractivity (Wildman–Crippen MR) is 96.0 cm³/mol. The number of nitrogens with zero attached hydrogens (tertiary/aromatic N) is 1. The Morgan fingerprint density at radius 2 is 1.88 bits per heavy atom. The SMILES string of the molecule is N#CC1(NC(=O)COC(=O)/C=C/c2c(Cl)cccc2Cl)CCCCC1. The molecule has 132 valence electrons. The summed E-state index contributed by atoms with van der Waals surface area (Å²) in [4.78, 5) is 23.7. The lowest BCUT2D eigenvalue weighted by Crippen LogP contribution is -2.49. The normalized spacial score (nSPS) is 16.2. The Balaban J connectivity index is 1.86. The van der Waals surface area contributed by atoms with Gasteiger partial charge in [0, 0.05) is 21.7 Å². The average Bonchev–Trinajstić information content (AvgIpc) is 2.60. The molecule has 5 nitrogen and oxygen atoms in total. The van der Waals surface area contributed by atoms with Gasteiger partial charge in [-0.3, -0.25) is 4.79 Å². The van der Waals surface area contributed by atoms with Crippen LogP contribution in [-0.4, -0.2) is 24.0 Å². The van der Waals surface area contributed by atoms with Crippen LogP contribution in [-0.2, 0) is 14.3 Å². The molecule has 0 radical (unpaired) electrons. The molecule has 0 heterocycles. The second-order valence-electron chi connectivity index (χ2n) is 5.88. The van der Waals surface area contributed by atoms with Crippen molar-refractivity contribution in [3.8, 4) is 6.07 Å². The van der Waals surface area contributed by atoms with E-state index in [2.05, 4.69) is 11.4 Å². The van der Waals surface area contributed by atoms with Crippen LogP contribution in [0.5, 0.6) is 0 Å². The number of halogens is 2. The van der Waals surface area contributed by atoms with Gasteiger partial charge in [0.15, 0.2) is 6.61 Å². The third kappa shape index (κ3) is 5.48. The molecule has 1 aliphatic rings. The number of amides is 1. The maximum absolute atomic E-state index is 12.0. The molecule has 0 aliphatic heterocycles. The molecule has 0 bridgehead atoms. The Morgan fingerprint density at radius 3 is 2.48 bits per heavy atom. The molecule has 2 rings (SSSR count). The molecule has 0 saturated heterocycles. The molecular weight excluding hydrogens is 363 g/mol. The third-order valence-electron chi connectivity index (χ3n) is 4.03. The number of rotatable bonds is 5. The summed E-state index contributed by atoms with van der Waals surface area (Å²) in [5, 5.41) is 12.8. The summed E-state index contributed by atoms with van der Waals surface area (Å²) in [6, 6.07) is 7.18. The van der Waals surface area contributed by atoms with E-state index in [0.29, 0.717) is 28.5 Å². The van der Waals surface area contributed by atoms with Crippen LogP contribution in [0.4, 0.5) is 0 Å². The molecule has 0 spiro atoms. The number of esters is 1. The largest absolute Gasteiger partial charge is 0.452 e. The number of ether oxygens (including phenoxy) is 1. The number of benzene rings is 1. The fraction of sp³-hybridized carbons (Fsp3) is 0.389. The van der Waals surface area contributed by atoms with Crippen molar-refractivity contribution in [2.24, 2.45) is 0 Å². The van der Waals surface area contributed by atoms with Gasteiger partial charge in [0.25, 0.3) is 5.91 Å². The van der Waals surface area contributed by atoms with Gasteiger partial charge in [-0.05, 0) is 31.1 Å². The van der Waals surface area contributed by atoms with Crippen molar-refractivity contribution in [1.82, 2.24) is 5.32 Å². The van der Waals surface area contributed by atoms with Crippen LogP contribution in [0.3, 0.4) is 0 Å². The van der Waals surface area contributed by atoms with Gasteiger partial charge in [0.2, 0.25) is 0 Å². The lowest BCUT2D eigenvalue weighted by molar-refractivity contribution is -0.144. The van der Waals surface area contributed by atoms with Crippen LogP contribution < -0.4 is 5.32 Å². The monoisotopic (exact) mass is 380 g/mol. The number of carbonyl (C=O) groups is 2. The van der Waals surface area contributed by atoms with Crippen molar-refractivity contribution in [3.05, 3.63) is 39.9 Å². The highest BCUT2D eigenvalue weighted by Gasteiger charge is 2.33. The molecule has 1 aliphatic carbocycles. The highest BCUT2D eigenvalue weighted by Crippen LogP contribution is 2.27. The summed E-state index contributed by atoms with van der Waals surface area (Å²) in [5.41, 5.74) is -0.347. The second kappa shape index (κ2) is 8.89. The summed E-state index contributed by atoms with van der Waals surface area (Å²) in [6.45, 7) is -0.442. The Kier molecular flexibility index (Phi) is 6.86. The van der Waals surface area contributed by atoms with Gasteiger partial charge in [-0.1, -0.05) is 48.5 Å². The number of nitrogens with one attached hydrogen (secondary N) is 1. The minimum absolute atomic E-state index is 0.405. The standard InChI is InChI=1S/C18H18Cl2N2O3/c19-14-5-4-6-15(20)13(14)7-8-17(24)25-11-16(23)22-18(12-21)9-2-1-3-10-18/h4-8H,1-3,9-11H2,(H,22,23)/b8-7+. The molecule has 1 amide bonds. The van der Waals surface area contributed by atoms with Crippen molar-refractivity contribution in [3.63, 3.8) is 0 Å². The number of nitriles is 1. The highest BCUT2D eigenvalue weighted by atomic mass is 35.5.